The maximum absolute atomic E-state index is 13.5. The molecule has 0 radical (unpaired) electrons. The predicted octanol–water partition coefficient (Wildman–Crippen LogP) is 2.56. The highest BCUT2D eigenvalue weighted by Gasteiger charge is 2.11. The molecular formula is C13H13F2N3O. The van der Waals surface area contributed by atoms with Crippen molar-refractivity contribution < 1.29 is 13.5 Å². The summed E-state index contributed by atoms with van der Waals surface area (Å²) in [6.07, 6.45) is 1.58. The third-order valence-electron chi connectivity index (χ3n) is 2.60. The number of nitrogens with zero attached hydrogens (tertiary/aromatic N) is 1. The number of ether oxygens (including phenoxy) is 1. The summed E-state index contributed by atoms with van der Waals surface area (Å²) >= 11 is 0. The van der Waals surface area contributed by atoms with Gasteiger partial charge in [-0.15, -0.1) is 0 Å². The number of nitrogen functional groups attached to an aromatic ring is 1. The monoisotopic (exact) mass is 265 g/mol. The summed E-state index contributed by atoms with van der Waals surface area (Å²) in [4.78, 5) is 4.01. The second kappa shape index (κ2) is 5.51. The Morgan fingerprint density at radius 3 is 2.68 bits per heavy atom. The van der Waals surface area contributed by atoms with Crippen LogP contribution in [-0.2, 0) is 6.54 Å². The first-order valence-electron chi connectivity index (χ1n) is 5.58. The van der Waals surface area contributed by atoms with Crippen LogP contribution < -0.4 is 15.8 Å². The normalized spacial score (nSPS) is 10.3. The molecule has 4 nitrogen and oxygen atoms in total. The minimum absolute atomic E-state index is 0.0455. The van der Waals surface area contributed by atoms with Gasteiger partial charge in [-0.3, -0.25) is 0 Å². The number of rotatable bonds is 4. The van der Waals surface area contributed by atoms with Crippen LogP contribution in [0.2, 0.25) is 0 Å². The van der Waals surface area contributed by atoms with Crippen LogP contribution in [0.5, 0.6) is 5.88 Å². The molecule has 6 heteroatoms. The average Bonchev–Trinajstić information content (AvgIpc) is 2.44. The number of pyridine rings is 1. The molecule has 0 saturated heterocycles. The summed E-state index contributed by atoms with van der Waals surface area (Å²) in [7, 11) is 1.52. The standard InChI is InChI=1S/C13H13F2N3O/c1-19-11-5-2-8(6-17-11)7-18-13-10(16)4-3-9(14)12(13)15/h2-6,18H,7,16H2,1H3. The fraction of sp³-hybridized carbons (Fsp3) is 0.154. The Bertz CT molecular complexity index is 573. The second-order valence-electron chi connectivity index (χ2n) is 3.89. The third kappa shape index (κ3) is 2.90. The van der Waals surface area contributed by atoms with Gasteiger partial charge >= 0.3 is 0 Å². The Labute approximate surface area is 109 Å². The maximum Gasteiger partial charge on any atom is 0.212 e. The van der Waals surface area contributed by atoms with Gasteiger partial charge in [0.05, 0.1) is 18.5 Å². The molecule has 0 unspecified atom stereocenters. The molecule has 0 bridgehead atoms. The summed E-state index contributed by atoms with van der Waals surface area (Å²) in [6.45, 7) is 0.279. The highest BCUT2D eigenvalue weighted by Crippen LogP contribution is 2.25. The Balaban J connectivity index is 2.12. The van der Waals surface area contributed by atoms with Gasteiger partial charge in [0.15, 0.2) is 11.6 Å². The van der Waals surface area contributed by atoms with Crippen molar-refractivity contribution in [3.8, 4) is 5.88 Å². The molecule has 19 heavy (non-hydrogen) atoms. The summed E-state index contributed by atoms with van der Waals surface area (Å²) in [5, 5.41) is 2.75. The largest absolute Gasteiger partial charge is 0.481 e. The molecule has 0 aliphatic heterocycles. The SMILES string of the molecule is COc1ccc(CNc2c(N)ccc(F)c2F)cn1. The zero-order valence-corrected chi connectivity index (χ0v) is 10.3. The Hall–Kier alpha value is -2.37. The molecule has 0 atom stereocenters. The molecule has 0 aliphatic carbocycles. The number of aromatic nitrogens is 1. The number of hydrogen-bond acceptors (Lipinski definition) is 4. The maximum atomic E-state index is 13.5. The van der Waals surface area contributed by atoms with E-state index in [0.29, 0.717) is 5.88 Å². The molecule has 2 rings (SSSR count). The van der Waals surface area contributed by atoms with Crippen LogP contribution in [0.25, 0.3) is 0 Å². The second-order valence-corrected chi connectivity index (χ2v) is 3.89. The number of nitrogens with one attached hydrogen (secondary N) is 1. The molecule has 1 heterocycles. The highest BCUT2D eigenvalue weighted by molar-refractivity contribution is 5.66. The zero-order chi connectivity index (χ0) is 13.8. The van der Waals surface area contributed by atoms with Crippen molar-refractivity contribution in [3.63, 3.8) is 0 Å². The lowest BCUT2D eigenvalue weighted by atomic mass is 10.2. The summed E-state index contributed by atoms with van der Waals surface area (Å²) in [5.41, 5.74) is 6.50. The topological polar surface area (TPSA) is 60.2 Å². The van der Waals surface area contributed by atoms with Gasteiger partial charge in [-0.1, -0.05) is 6.07 Å². The van der Waals surface area contributed by atoms with Gasteiger partial charge in [-0.25, -0.2) is 13.8 Å². The fourth-order valence-corrected chi connectivity index (χ4v) is 1.57. The Morgan fingerprint density at radius 1 is 1.26 bits per heavy atom. The van der Waals surface area contributed by atoms with E-state index in [-0.39, 0.29) is 17.9 Å². The summed E-state index contributed by atoms with van der Waals surface area (Å²) in [5.74, 6) is -1.44. The minimum atomic E-state index is -0.985. The first-order valence-corrected chi connectivity index (χ1v) is 5.58. The molecular weight excluding hydrogens is 252 g/mol. The lowest BCUT2D eigenvalue weighted by molar-refractivity contribution is 0.397. The van der Waals surface area contributed by atoms with E-state index in [1.807, 2.05) is 0 Å². The van der Waals surface area contributed by atoms with Crippen molar-refractivity contribution in [1.82, 2.24) is 4.98 Å². The van der Waals surface area contributed by atoms with Gasteiger partial charge in [-0.2, -0.15) is 0 Å². The summed E-state index contributed by atoms with van der Waals surface area (Å²) < 4.78 is 31.5. The quantitative estimate of drug-likeness (QED) is 0.834. The van der Waals surface area contributed by atoms with Crippen LogP contribution in [-0.4, -0.2) is 12.1 Å². The van der Waals surface area contributed by atoms with E-state index in [0.717, 1.165) is 11.6 Å². The van der Waals surface area contributed by atoms with Gasteiger partial charge < -0.3 is 15.8 Å². The van der Waals surface area contributed by atoms with Crippen LogP contribution in [0.1, 0.15) is 5.56 Å². The lowest BCUT2D eigenvalue weighted by Gasteiger charge is -2.11. The van der Waals surface area contributed by atoms with Crippen molar-refractivity contribution in [3.05, 3.63) is 47.7 Å². The van der Waals surface area contributed by atoms with Crippen molar-refractivity contribution in [2.45, 2.75) is 6.54 Å². The van der Waals surface area contributed by atoms with Crippen LogP contribution in [0, 0.1) is 11.6 Å². The van der Waals surface area contributed by atoms with Gasteiger partial charge in [-0.05, 0) is 17.7 Å². The number of halogens is 2. The average molecular weight is 265 g/mol. The van der Waals surface area contributed by atoms with Crippen LogP contribution in [0.15, 0.2) is 30.5 Å². The van der Waals surface area contributed by atoms with E-state index in [4.69, 9.17) is 10.5 Å². The molecule has 3 N–H and O–H groups in total. The summed E-state index contributed by atoms with van der Waals surface area (Å²) in [6, 6.07) is 5.76. The molecule has 2 aromatic rings. The van der Waals surface area contributed by atoms with E-state index < -0.39 is 11.6 Å². The van der Waals surface area contributed by atoms with Gasteiger partial charge in [0.2, 0.25) is 5.88 Å². The Morgan fingerprint density at radius 2 is 2.05 bits per heavy atom. The molecule has 0 saturated carbocycles. The molecule has 1 aromatic carbocycles. The van der Waals surface area contributed by atoms with E-state index in [1.54, 1.807) is 18.3 Å². The predicted molar refractivity (Wildman–Crippen MR) is 68.9 cm³/mol. The van der Waals surface area contributed by atoms with Crippen LogP contribution >= 0.6 is 0 Å². The van der Waals surface area contributed by atoms with E-state index in [9.17, 15) is 8.78 Å². The van der Waals surface area contributed by atoms with Crippen LogP contribution in [0.4, 0.5) is 20.2 Å². The first-order chi connectivity index (χ1) is 9.11. The molecule has 0 spiro atoms. The number of nitrogens with two attached hydrogens (primary N) is 1. The van der Waals surface area contributed by atoms with E-state index in [1.165, 1.54) is 13.2 Å². The third-order valence-corrected chi connectivity index (χ3v) is 2.60. The van der Waals surface area contributed by atoms with E-state index >= 15 is 0 Å². The minimum Gasteiger partial charge on any atom is -0.481 e. The lowest BCUT2D eigenvalue weighted by Crippen LogP contribution is -2.06. The van der Waals surface area contributed by atoms with Crippen molar-refractivity contribution in [2.75, 3.05) is 18.2 Å². The Kier molecular flexibility index (Phi) is 3.79. The smallest absolute Gasteiger partial charge is 0.212 e. The van der Waals surface area contributed by atoms with Crippen molar-refractivity contribution >= 4 is 11.4 Å². The number of methoxy groups -OCH3 is 1. The van der Waals surface area contributed by atoms with Crippen LogP contribution in [0.3, 0.4) is 0 Å². The fourth-order valence-electron chi connectivity index (χ4n) is 1.57. The van der Waals surface area contributed by atoms with Crippen molar-refractivity contribution in [2.24, 2.45) is 0 Å². The van der Waals surface area contributed by atoms with Crippen molar-refractivity contribution in [1.29, 1.82) is 0 Å². The molecule has 100 valence electrons. The van der Waals surface area contributed by atoms with Gasteiger partial charge in [0.25, 0.3) is 0 Å². The van der Waals surface area contributed by atoms with E-state index in [2.05, 4.69) is 10.3 Å². The number of hydrogen-bond donors (Lipinski definition) is 2. The number of anilines is 2. The first kappa shape index (κ1) is 13.1. The molecule has 1 aromatic heterocycles. The highest BCUT2D eigenvalue weighted by atomic mass is 19.2. The molecule has 0 aliphatic rings. The number of benzene rings is 1. The van der Waals surface area contributed by atoms with Gasteiger partial charge in [0, 0.05) is 18.8 Å². The molecule has 0 fully saturated rings. The van der Waals surface area contributed by atoms with Gasteiger partial charge in [0.1, 0.15) is 0 Å². The molecule has 0 amide bonds. The zero-order valence-electron chi connectivity index (χ0n) is 10.3.